The first-order valence-corrected chi connectivity index (χ1v) is 9.34. The van der Waals surface area contributed by atoms with Gasteiger partial charge in [-0.1, -0.05) is 31.1 Å². The highest BCUT2D eigenvalue weighted by molar-refractivity contribution is 5.86. The molecule has 3 heteroatoms. The van der Waals surface area contributed by atoms with Gasteiger partial charge in [-0.15, -0.1) is 0 Å². The van der Waals surface area contributed by atoms with Crippen molar-refractivity contribution in [1.82, 2.24) is 9.88 Å². The number of benzene rings is 1. The van der Waals surface area contributed by atoms with Gasteiger partial charge in [0, 0.05) is 17.1 Å². The molecule has 24 heavy (non-hydrogen) atoms. The Kier molecular flexibility index (Phi) is 4.23. The Morgan fingerprint density at radius 2 is 1.96 bits per heavy atom. The number of aromatic amines is 1. The highest BCUT2D eigenvalue weighted by atomic mass is 16.3. The van der Waals surface area contributed by atoms with Crippen LogP contribution >= 0.6 is 0 Å². The van der Waals surface area contributed by atoms with Gasteiger partial charge in [0.05, 0.1) is 5.60 Å². The maximum Gasteiger partial charge on any atom is 0.0830 e. The normalized spacial score (nSPS) is 22.8. The van der Waals surface area contributed by atoms with Crippen LogP contribution in [-0.2, 0) is 0 Å². The zero-order valence-electron chi connectivity index (χ0n) is 14.6. The number of fused-ring (bicyclic) bond motifs is 1. The van der Waals surface area contributed by atoms with E-state index in [1.54, 1.807) is 0 Å². The number of piperidine rings is 1. The smallest absolute Gasteiger partial charge is 0.0830 e. The zero-order valence-corrected chi connectivity index (χ0v) is 14.6. The van der Waals surface area contributed by atoms with E-state index in [9.17, 15) is 5.11 Å². The molecule has 2 N–H and O–H groups in total. The van der Waals surface area contributed by atoms with Gasteiger partial charge in [-0.25, -0.2) is 0 Å². The average molecular weight is 324 g/mol. The van der Waals surface area contributed by atoms with Crippen LogP contribution in [0.4, 0.5) is 0 Å². The topological polar surface area (TPSA) is 39.3 Å². The molecule has 2 aliphatic rings. The summed E-state index contributed by atoms with van der Waals surface area (Å²) in [5.41, 5.74) is 3.30. The minimum absolute atomic E-state index is 0.579. The van der Waals surface area contributed by atoms with E-state index in [2.05, 4.69) is 47.4 Å². The Labute approximate surface area is 144 Å². The summed E-state index contributed by atoms with van der Waals surface area (Å²) in [6.45, 7) is 2.37. The van der Waals surface area contributed by atoms with Crippen molar-refractivity contribution >= 4 is 17.0 Å². The molecule has 4 rings (SSSR count). The minimum atomic E-state index is -0.579. The predicted molar refractivity (Wildman–Crippen MR) is 100 cm³/mol. The third-order valence-electron chi connectivity index (χ3n) is 5.95. The molecule has 0 atom stereocenters. The van der Waals surface area contributed by atoms with Crippen LogP contribution in [0.3, 0.4) is 0 Å². The summed E-state index contributed by atoms with van der Waals surface area (Å²) in [5.74, 6) is 0.660. The number of aliphatic hydroxyl groups is 1. The first-order chi connectivity index (χ1) is 11.6. The van der Waals surface area contributed by atoms with Gasteiger partial charge >= 0.3 is 0 Å². The molecule has 0 amide bonds. The number of aromatic nitrogens is 1. The molecule has 0 spiro atoms. The third kappa shape index (κ3) is 3.15. The second kappa shape index (κ2) is 6.38. The molecule has 1 aliphatic heterocycles. The molecule has 1 saturated carbocycles. The Hall–Kier alpha value is -1.58. The molecule has 0 radical (unpaired) electrons. The zero-order chi connectivity index (χ0) is 16.6. The van der Waals surface area contributed by atoms with Crippen LogP contribution < -0.4 is 0 Å². The first-order valence-electron chi connectivity index (χ1n) is 9.34. The molecular formula is C21H28N2O. The summed E-state index contributed by atoms with van der Waals surface area (Å²) in [6.07, 6.45) is 12.9. The average Bonchev–Trinajstić information content (AvgIpc) is 3.20. The fourth-order valence-corrected chi connectivity index (χ4v) is 4.33. The van der Waals surface area contributed by atoms with E-state index in [4.69, 9.17) is 0 Å². The lowest BCUT2D eigenvalue weighted by atomic mass is 9.89. The van der Waals surface area contributed by atoms with Crippen molar-refractivity contribution < 1.29 is 5.11 Å². The number of nitrogens with zero attached hydrogens (tertiary/aromatic N) is 1. The van der Waals surface area contributed by atoms with Crippen molar-refractivity contribution in [2.24, 2.45) is 0 Å². The third-order valence-corrected chi connectivity index (χ3v) is 5.95. The number of likely N-dealkylation sites (tertiary alicyclic amines) is 1. The van der Waals surface area contributed by atoms with Crippen molar-refractivity contribution in [2.75, 3.05) is 20.1 Å². The maximum absolute atomic E-state index is 10.5. The Balaban J connectivity index is 1.60. The molecule has 128 valence electrons. The Bertz CT molecular complexity index is 731. The van der Waals surface area contributed by atoms with Crippen LogP contribution in [0.2, 0.25) is 0 Å². The highest BCUT2D eigenvalue weighted by Gasteiger charge is 2.27. The Morgan fingerprint density at radius 1 is 1.21 bits per heavy atom. The molecule has 2 heterocycles. The second-order valence-electron chi connectivity index (χ2n) is 7.77. The summed E-state index contributed by atoms with van der Waals surface area (Å²) in [7, 11) is 2.21. The lowest BCUT2D eigenvalue weighted by Gasteiger charge is -2.28. The monoisotopic (exact) mass is 324 g/mol. The van der Waals surface area contributed by atoms with Crippen molar-refractivity contribution in [3.63, 3.8) is 0 Å². The van der Waals surface area contributed by atoms with Gasteiger partial charge in [0.15, 0.2) is 0 Å². The van der Waals surface area contributed by atoms with Crippen LogP contribution in [0.25, 0.3) is 17.0 Å². The van der Waals surface area contributed by atoms with Gasteiger partial charge in [-0.3, -0.25) is 0 Å². The fourth-order valence-electron chi connectivity index (χ4n) is 4.33. The van der Waals surface area contributed by atoms with Crippen LogP contribution in [0.1, 0.15) is 55.6 Å². The summed E-state index contributed by atoms with van der Waals surface area (Å²) in [6, 6.07) is 6.60. The van der Waals surface area contributed by atoms with E-state index in [0.29, 0.717) is 5.92 Å². The van der Waals surface area contributed by atoms with Gasteiger partial charge < -0.3 is 15.0 Å². The van der Waals surface area contributed by atoms with Gasteiger partial charge in [0.1, 0.15) is 0 Å². The minimum Gasteiger partial charge on any atom is -0.386 e. The predicted octanol–water partition coefficient (Wildman–Crippen LogP) is 4.30. The van der Waals surface area contributed by atoms with E-state index >= 15 is 0 Å². The number of H-pyrrole nitrogens is 1. The number of hydrogen-bond donors (Lipinski definition) is 2. The molecular weight excluding hydrogens is 296 g/mol. The number of hydrogen-bond acceptors (Lipinski definition) is 2. The van der Waals surface area contributed by atoms with Crippen molar-refractivity contribution in [3.8, 4) is 0 Å². The lowest BCUT2D eigenvalue weighted by Crippen LogP contribution is -2.29. The summed E-state index contributed by atoms with van der Waals surface area (Å²) < 4.78 is 0. The van der Waals surface area contributed by atoms with Crippen molar-refractivity contribution in [3.05, 3.63) is 41.6 Å². The van der Waals surface area contributed by atoms with E-state index in [1.807, 2.05) is 6.08 Å². The largest absolute Gasteiger partial charge is 0.386 e. The van der Waals surface area contributed by atoms with E-state index in [1.165, 1.54) is 48.0 Å². The Morgan fingerprint density at radius 3 is 2.71 bits per heavy atom. The quantitative estimate of drug-likeness (QED) is 0.884. The van der Waals surface area contributed by atoms with Gasteiger partial charge in [-0.05, 0) is 75.0 Å². The van der Waals surface area contributed by atoms with Crippen molar-refractivity contribution in [2.45, 2.75) is 50.0 Å². The van der Waals surface area contributed by atoms with Crippen LogP contribution in [-0.4, -0.2) is 40.7 Å². The van der Waals surface area contributed by atoms with Gasteiger partial charge in [0.2, 0.25) is 0 Å². The van der Waals surface area contributed by atoms with Crippen molar-refractivity contribution in [1.29, 1.82) is 0 Å². The molecule has 1 aromatic carbocycles. The van der Waals surface area contributed by atoms with E-state index in [0.717, 1.165) is 25.7 Å². The SMILES string of the molecule is CN1CCC(c2c[nH]c3ccc(/C=C/C4(O)CCCC4)cc23)CC1. The first kappa shape index (κ1) is 15.9. The molecule has 0 bridgehead atoms. The van der Waals surface area contributed by atoms with E-state index in [-0.39, 0.29) is 0 Å². The highest BCUT2D eigenvalue weighted by Crippen LogP contribution is 2.34. The number of nitrogens with one attached hydrogen (secondary N) is 1. The standard InChI is InChI=1S/C21H28N2O/c1-23-12-7-17(8-13-23)19-15-22-20-5-4-16(14-18(19)20)6-11-21(24)9-2-3-10-21/h4-6,11,14-15,17,22,24H,2-3,7-10,12-13H2,1H3/b11-6+. The van der Waals surface area contributed by atoms with Gasteiger partial charge in [-0.2, -0.15) is 0 Å². The van der Waals surface area contributed by atoms with E-state index < -0.39 is 5.60 Å². The molecule has 3 nitrogen and oxygen atoms in total. The molecule has 0 unspecified atom stereocenters. The summed E-state index contributed by atoms with van der Waals surface area (Å²) in [4.78, 5) is 5.86. The summed E-state index contributed by atoms with van der Waals surface area (Å²) in [5, 5.41) is 11.9. The second-order valence-corrected chi connectivity index (χ2v) is 7.77. The number of rotatable bonds is 3. The molecule has 1 aliphatic carbocycles. The van der Waals surface area contributed by atoms with Crippen LogP contribution in [0.15, 0.2) is 30.5 Å². The molecule has 2 aromatic rings. The molecule has 1 saturated heterocycles. The van der Waals surface area contributed by atoms with Crippen LogP contribution in [0, 0.1) is 0 Å². The summed E-state index contributed by atoms with van der Waals surface area (Å²) >= 11 is 0. The molecule has 2 fully saturated rings. The van der Waals surface area contributed by atoms with Gasteiger partial charge in [0.25, 0.3) is 0 Å². The fraction of sp³-hybridized carbons (Fsp3) is 0.524. The van der Waals surface area contributed by atoms with Crippen LogP contribution in [0.5, 0.6) is 0 Å². The maximum atomic E-state index is 10.5. The molecule has 1 aromatic heterocycles. The lowest BCUT2D eigenvalue weighted by molar-refractivity contribution is 0.100.